The van der Waals surface area contributed by atoms with E-state index in [-0.39, 0.29) is 29.9 Å². The molecule has 0 aliphatic carbocycles. The van der Waals surface area contributed by atoms with Gasteiger partial charge in [-0.2, -0.15) is 5.10 Å². The van der Waals surface area contributed by atoms with E-state index in [0.29, 0.717) is 12.4 Å². The Balaban J connectivity index is 1.57. The van der Waals surface area contributed by atoms with Gasteiger partial charge >= 0.3 is 6.03 Å². The van der Waals surface area contributed by atoms with Crippen LogP contribution in [0.5, 0.6) is 0 Å². The van der Waals surface area contributed by atoms with E-state index in [1.54, 1.807) is 16.6 Å². The molecule has 1 aliphatic rings. The van der Waals surface area contributed by atoms with Crippen LogP contribution in [0, 0.1) is 10.1 Å². The van der Waals surface area contributed by atoms with Crippen molar-refractivity contribution in [2.45, 2.75) is 32.0 Å². The smallest absolute Gasteiger partial charge is 0.319 e. The van der Waals surface area contributed by atoms with Crippen molar-refractivity contribution in [3.05, 3.63) is 87.1 Å². The van der Waals surface area contributed by atoms with Gasteiger partial charge in [-0.1, -0.05) is 36.4 Å². The first-order valence-electron chi connectivity index (χ1n) is 11.9. The zero-order valence-corrected chi connectivity index (χ0v) is 21.6. The second-order valence-corrected chi connectivity index (χ2v) is 9.88. The number of hydrogen-bond donors (Lipinski definition) is 2. The highest BCUT2D eigenvalue weighted by Gasteiger charge is 2.45. The van der Waals surface area contributed by atoms with Gasteiger partial charge < -0.3 is 20.4 Å². The third-order valence-corrected chi connectivity index (χ3v) is 6.56. The number of aromatic nitrogens is 2. The highest BCUT2D eigenvalue weighted by Crippen LogP contribution is 2.42. The Hall–Kier alpha value is -4.25. The van der Waals surface area contributed by atoms with Gasteiger partial charge in [-0.15, -0.1) is 0 Å². The van der Waals surface area contributed by atoms with E-state index in [1.807, 2.05) is 63.2 Å². The maximum Gasteiger partial charge on any atom is 0.319 e. The van der Waals surface area contributed by atoms with Crippen LogP contribution < -0.4 is 10.6 Å². The van der Waals surface area contributed by atoms with Gasteiger partial charge in [-0.25, -0.2) is 4.79 Å². The number of fused-ring (bicyclic) bond motifs is 1. The molecule has 2 N–H and O–H groups in total. The molecule has 4 rings (SSSR count). The molecule has 2 aromatic carbocycles. The van der Waals surface area contributed by atoms with Gasteiger partial charge in [-0.05, 0) is 39.6 Å². The predicted molar refractivity (Wildman–Crippen MR) is 139 cm³/mol. The molecule has 11 heteroatoms. The van der Waals surface area contributed by atoms with Crippen LogP contribution in [0.3, 0.4) is 0 Å². The molecule has 0 spiro atoms. The average molecular weight is 506 g/mol. The number of nitrogens with one attached hydrogen (secondary N) is 2. The Kier molecular flexibility index (Phi) is 6.99. The van der Waals surface area contributed by atoms with Crippen molar-refractivity contribution in [1.82, 2.24) is 24.9 Å². The molecule has 0 radical (unpaired) electrons. The summed E-state index contributed by atoms with van der Waals surface area (Å²) in [5.41, 5.74) is 1.81. The summed E-state index contributed by atoms with van der Waals surface area (Å²) in [7, 11) is 5.68. The van der Waals surface area contributed by atoms with Gasteiger partial charge in [0.15, 0.2) is 5.82 Å². The van der Waals surface area contributed by atoms with Gasteiger partial charge in [0.25, 0.3) is 11.6 Å². The number of non-ortho nitro benzene ring substituents is 1. The van der Waals surface area contributed by atoms with Gasteiger partial charge in [0.05, 0.1) is 28.7 Å². The topological polar surface area (TPSA) is 126 Å². The second kappa shape index (κ2) is 10.0. The predicted octanol–water partition coefficient (Wildman–Crippen LogP) is 3.64. The van der Waals surface area contributed by atoms with Crippen LogP contribution in [-0.2, 0) is 19.1 Å². The summed E-state index contributed by atoms with van der Waals surface area (Å²) in [5.74, 6) is -0.189. The van der Waals surface area contributed by atoms with E-state index < -0.39 is 16.4 Å². The molecule has 1 aromatic heterocycles. The minimum atomic E-state index is -0.699. The van der Waals surface area contributed by atoms with Crippen LogP contribution in [0.15, 0.2) is 54.6 Å². The molecule has 0 fully saturated rings. The molecule has 0 saturated carbocycles. The third-order valence-electron chi connectivity index (χ3n) is 6.56. The van der Waals surface area contributed by atoms with Crippen LogP contribution in [-0.4, -0.2) is 57.1 Å². The molecular weight excluding hydrogens is 474 g/mol. The zero-order valence-electron chi connectivity index (χ0n) is 21.6. The lowest BCUT2D eigenvalue weighted by atomic mass is 10.0. The quantitative estimate of drug-likeness (QED) is 0.373. The van der Waals surface area contributed by atoms with E-state index in [9.17, 15) is 19.7 Å². The Labute approximate surface area is 215 Å². The van der Waals surface area contributed by atoms with Gasteiger partial charge in [-0.3, -0.25) is 19.6 Å². The molecule has 3 aromatic rings. The Morgan fingerprint density at radius 2 is 1.86 bits per heavy atom. The van der Waals surface area contributed by atoms with E-state index in [4.69, 9.17) is 0 Å². The third kappa shape index (κ3) is 5.17. The minimum absolute atomic E-state index is 0.148. The normalized spacial score (nSPS) is 14.8. The van der Waals surface area contributed by atoms with Crippen LogP contribution in [0.25, 0.3) is 0 Å². The Morgan fingerprint density at radius 3 is 2.51 bits per heavy atom. The zero-order chi connectivity index (χ0) is 26.9. The monoisotopic (exact) mass is 505 g/mol. The number of carbonyl (C=O) groups excluding carboxylic acids is 2. The number of hydrogen-bond acceptors (Lipinski definition) is 6. The number of nitro groups is 1. The van der Waals surface area contributed by atoms with Crippen molar-refractivity contribution >= 4 is 23.4 Å². The van der Waals surface area contributed by atoms with Crippen molar-refractivity contribution in [1.29, 1.82) is 0 Å². The molecule has 1 aliphatic heterocycles. The SMILES string of the molecule is CN(C)C[C@@H](NC(=O)N1Cc2c(NC(=O)c3cccc([N+](=O)[O-])c3)nn(C)c2C1(C)C)c1ccccc1. The fourth-order valence-electron chi connectivity index (χ4n) is 4.84. The largest absolute Gasteiger partial charge is 0.330 e. The molecule has 1 atom stereocenters. The molecule has 11 nitrogen and oxygen atoms in total. The summed E-state index contributed by atoms with van der Waals surface area (Å²) in [5, 5.41) is 21.5. The number of rotatable bonds is 7. The van der Waals surface area contributed by atoms with Crippen molar-refractivity contribution < 1.29 is 14.5 Å². The lowest BCUT2D eigenvalue weighted by Gasteiger charge is -2.34. The minimum Gasteiger partial charge on any atom is -0.330 e. The number of nitrogens with zero attached hydrogens (tertiary/aromatic N) is 5. The van der Waals surface area contributed by atoms with Crippen LogP contribution >= 0.6 is 0 Å². The van der Waals surface area contributed by atoms with Crippen molar-refractivity contribution in [2.75, 3.05) is 26.0 Å². The molecule has 37 heavy (non-hydrogen) atoms. The van der Waals surface area contributed by atoms with Gasteiger partial charge in [0.1, 0.15) is 0 Å². The summed E-state index contributed by atoms with van der Waals surface area (Å²) in [6, 6.07) is 14.9. The summed E-state index contributed by atoms with van der Waals surface area (Å²) in [6.07, 6.45) is 0. The number of nitro benzene ring substituents is 1. The van der Waals surface area contributed by atoms with E-state index in [2.05, 4.69) is 15.7 Å². The molecule has 3 amide bonds. The highest BCUT2D eigenvalue weighted by atomic mass is 16.6. The van der Waals surface area contributed by atoms with Crippen LogP contribution in [0.2, 0.25) is 0 Å². The maximum absolute atomic E-state index is 13.6. The van der Waals surface area contributed by atoms with Crippen molar-refractivity contribution in [3.8, 4) is 0 Å². The number of urea groups is 1. The second-order valence-electron chi connectivity index (χ2n) is 9.88. The number of aryl methyl sites for hydroxylation is 1. The highest BCUT2D eigenvalue weighted by molar-refractivity contribution is 6.04. The summed E-state index contributed by atoms with van der Waals surface area (Å²) in [4.78, 5) is 40.8. The summed E-state index contributed by atoms with van der Waals surface area (Å²) < 4.78 is 1.67. The first-order valence-corrected chi connectivity index (χ1v) is 11.9. The number of likely N-dealkylation sites (N-methyl/N-ethyl adjacent to an activating group) is 1. The summed E-state index contributed by atoms with van der Waals surface area (Å²) in [6.45, 7) is 4.75. The average Bonchev–Trinajstić information content (AvgIpc) is 3.32. The van der Waals surface area contributed by atoms with Gasteiger partial charge in [0, 0.05) is 36.9 Å². The number of anilines is 1. The first kappa shape index (κ1) is 25.8. The molecular formula is C26H31N7O4. The Morgan fingerprint density at radius 1 is 1.16 bits per heavy atom. The molecule has 0 saturated heterocycles. The first-order chi connectivity index (χ1) is 17.5. The Bertz CT molecular complexity index is 1330. The van der Waals surface area contributed by atoms with E-state index in [1.165, 1.54) is 24.3 Å². The van der Waals surface area contributed by atoms with Crippen molar-refractivity contribution in [2.24, 2.45) is 7.05 Å². The van der Waals surface area contributed by atoms with Gasteiger partial charge in [0.2, 0.25) is 0 Å². The fraction of sp³-hybridized carbons (Fsp3) is 0.346. The summed E-state index contributed by atoms with van der Waals surface area (Å²) >= 11 is 0. The van der Waals surface area contributed by atoms with Crippen molar-refractivity contribution in [3.63, 3.8) is 0 Å². The number of amides is 3. The van der Waals surface area contributed by atoms with E-state index in [0.717, 1.165) is 16.8 Å². The lowest BCUT2D eigenvalue weighted by Crippen LogP contribution is -2.49. The number of carbonyl (C=O) groups is 2. The maximum atomic E-state index is 13.6. The van der Waals surface area contributed by atoms with Crippen LogP contribution in [0.1, 0.15) is 47.1 Å². The molecule has 194 valence electrons. The fourth-order valence-corrected chi connectivity index (χ4v) is 4.84. The van der Waals surface area contributed by atoms with Crippen LogP contribution in [0.4, 0.5) is 16.3 Å². The standard InChI is InChI=1S/C26H31N7O4/c1-26(2)22-20(15-32(26)25(35)27-21(16-30(3)4)17-10-7-6-8-11-17)23(29-31(22)5)28-24(34)18-12-9-13-19(14-18)33(36)37/h6-14,21H,15-16H2,1-5H3,(H,27,35)(H,28,29,34)/t21-/m1/s1. The lowest BCUT2D eigenvalue weighted by molar-refractivity contribution is -0.384. The molecule has 0 unspecified atom stereocenters. The molecule has 2 heterocycles. The molecule has 0 bridgehead atoms. The number of benzene rings is 2. The van der Waals surface area contributed by atoms with E-state index >= 15 is 0 Å².